The summed E-state index contributed by atoms with van der Waals surface area (Å²) >= 11 is 3.24. The van der Waals surface area contributed by atoms with E-state index in [-0.39, 0.29) is 17.3 Å². The molecule has 0 spiro atoms. The second-order valence-electron chi connectivity index (χ2n) is 3.91. The molecule has 0 atom stereocenters. The number of aldehydes is 1. The lowest BCUT2D eigenvalue weighted by Crippen LogP contribution is -1.96. The van der Waals surface area contributed by atoms with Gasteiger partial charge in [0.1, 0.15) is 11.4 Å². The number of benzene rings is 1. The summed E-state index contributed by atoms with van der Waals surface area (Å²) in [5, 5.41) is 10.7. The number of rotatable bonds is 4. The van der Waals surface area contributed by atoms with Crippen LogP contribution in [-0.2, 0) is 0 Å². The highest BCUT2D eigenvalue weighted by atomic mass is 79.9. The maximum atomic E-state index is 10.8. The first-order valence-electron chi connectivity index (χ1n) is 5.56. The van der Waals surface area contributed by atoms with Gasteiger partial charge in [0.05, 0.1) is 4.92 Å². The highest BCUT2D eigenvalue weighted by molar-refractivity contribution is 9.10. The first-order valence-corrected chi connectivity index (χ1v) is 6.35. The van der Waals surface area contributed by atoms with Gasteiger partial charge in [0, 0.05) is 22.2 Å². The molecule has 102 valence electrons. The van der Waals surface area contributed by atoms with Crippen LogP contribution in [0.5, 0.6) is 11.6 Å². The van der Waals surface area contributed by atoms with Crippen molar-refractivity contribution in [2.75, 3.05) is 0 Å². The summed E-state index contributed by atoms with van der Waals surface area (Å²) in [7, 11) is 0. The van der Waals surface area contributed by atoms with Gasteiger partial charge in [0.2, 0.25) is 5.88 Å². The van der Waals surface area contributed by atoms with Crippen LogP contribution in [0.2, 0.25) is 0 Å². The Labute approximate surface area is 122 Å². The average molecular weight is 337 g/mol. The third kappa shape index (κ3) is 3.00. The van der Waals surface area contributed by atoms with E-state index in [2.05, 4.69) is 20.9 Å². The Morgan fingerprint density at radius 1 is 1.35 bits per heavy atom. The van der Waals surface area contributed by atoms with E-state index < -0.39 is 4.92 Å². The minimum atomic E-state index is -0.504. The van der Waals surface area contributed by atoms with Crippen LogP contribution >= 0.6 is 15.9 Å². The van der Waals surface area contributed by atoms with Gasteiger partial charge < -0.3 is 4.74 Å². The fourth-order valence-corrected chi connectivity index (χ4v) is 1.92. The van der Waals surface area contributed by atoms with Crippen LogP contribution in [0.25, 0.3) is 0 Å². The molecular formula is C13H9BrN2O4. The van der Waals surface area contributed by atoms with E-state index in [1.165, 1.54) is 19.1 Å². The van der Waals surface area contributed by atoms with Crippen molar-refractivity contribution in [2.45, 2.75) is 6.92 Å². The van der Waals surface area contributed by atoms with Crippen molar-refractivity contribution in [3.63, 3.8) is 0 Å². The van der Waals surface area contributed by atoms with Crippen LogP contribution in [0.3, 0.4) is 0 Å². The topological polar surface area (TPSA) is 82.3 Å². The largest absolute Gasteiger partial charge is 0.439 e. The molecule has 2 aromatic rings. The number of nitrogens with zero attached hydrogens (tertiary/aromatic N) is 2. The molecular weight excluding hydrogens is 328 g/mol. The minimum absolute atomic E-state index is 0.0678. The van der Waals surface area contributed by atoms with Gasteiger partial charge in [-0.25, -0.2) is 4.98 Å². The second-order valence-corrected chi connectivity index (χ2v) is 4.77. The number of halogens is 1. The highest BCUT2D eigenvalue weighted by Gasteiger charge is 2.13. The van der Waals surface area contributed by atoms with Crippen LogP contribution < -0.4 is 4.74 Å². The van der Waals surface area contributed by atoms with Gasteiger partial charge in [-0.1, -0.05) is 15.9 Å². The molecule has 0 aliphatic heterocycles. The zero-order valence-corrected chi connectivity index (χ0v) is 12.0. The maximum absolute atomic E-state index is 10.8. The van der Waals surface area contributed by atoms with Crippen molar-refractivity contribution >= 4 is 27.9 Å². The molecule has 1 aromatic carbocycles. The lowest BCUT2D eigenvalue weighted by Gasteiger charge is -2.06. The van der Waals surface area contributed by atoms with Gasteiger partial charge in [-0.3, -0.25) is 14.9 Å². The molecule has 20 heavy (non-hydrogen) atoms. The smallest absolute Gasteiger partial charge is 0.290 e. The van der Waals surface area contributed by atoms with Gasteiger partial charge >= 0.3 is 0 Å². The molecule has 7 heteroatoms. The molecule has 6 nitrogen and oxygen atoms in total. The molecule has 0 radical (unpaired) electrons. The van der Waals surface area contributed by atoms with Gasteiger partial charge in [0.15, 0.2) is 6.29 Å². The SMILES string of the molecule is Cc1nc(Oc2ccc(Br)c(C=O)c2)ccc1[N+](=O)[O-]. The number of pyridine rings is 1. The van der Waals surface area contributed by atoms with Crippen LogP contribution in [-0.4, -0.2) is 16.2 Å². The highest BCUT2D eigenvalue weighted by Crippen LogP contribution is 2.26. The zero-order chi connectivity index (χ0) is 14.7. The predicted molar refractivity (Wildman–Crippen MR) is 75.2 cm³/mol. The molecule has 0 fully saturated rings. The Kier molecular flexibility index (Phi) is 4.09. The van der Waals surface area contributed by atoms with E-state index in [9.17, 15) is 14.9 Å². The molecule has 1 aromatic heterocycles. The van der Waals surface area contributed by atoms with Gasteiger partial charge in [0.25, 0.3) is 5.69 Å². The van der Waals surface area contributed by atoms with Crippen LogP contribution in [0.1, 0.15) is 16.1 Å². The number of nitro groups is 1. The predicted octanol–water partition coefficient (Wildman–Crippen LogP) is 3.67. The summed E-state index contributed by atoms with van der Waals surface area (Å²) < 4.78 is 6.14. The van der Waals surface area contributed by atoms with Crippen molar-refractivity contribution in [3.8, 4) is 11.6 Å². The van der Waals surface area contributed by atoms with E-state index in [1.54, 1.807) is 18.2 Å². The molecule has 0 saturated carbocycles. The van der Waals surface area contributed by atoms with Crippen molar-refractivity contribution in [3.05, 3.63) is 56.2 Å². The van der Waals surface area contributed by atoms with E-state index in [0.717, 1.165) is 0 Å². The van der Waals surface area contributed by atoms with Crippen molar-refractivity contribution < 1.29 is 14.5 Å². The Balaban J connectivity index is 2.28. The summed E-state index contributed by atoms with van der Waals surface area (Å²) in [6.07, 6.45) is 0.700. The molecule has 0 bridgehead atoms. The molecule has 1 heterocycles. The third-order valence-electron chi connectivity index (χ3n) is 2.55. The average Bonchev–Trinajstić information content (AvgIpc) is 2.40. The van der Waals surface area contributed by atoms with E-state index in [1.807, 2.05) is 0 Å². The van der Waals surface area contributed by atoms with Gasteiger partial charge in [-0.2, -0.15) is 0 Å². The Hall–Kier alpha value is -2.28. The quantitative estimate of drug-likeness (QED) is 0.483. The summed E-state index contributed by atoms with van der Waals surface area (Å²) in [4.78, 5) is 25.0. The Morgan fingerprint density at radius 2 is 2.10 bits per heavy atom. The molecule has 2 rings (SSSR count). The fraction of sp³-hybridized carbons (Fsp3) is 0.0769. The minimum Gasteiger partial charge on any atom is -0.439 e. The lowest BCUT2D eigenvalue weighted by atomic mass is 10.2. The third-order valence-corrected chi connectivity index (χ3v) is 3.27. The lowest BCUT2D eigenvalue weighted by molar-refractivity contribution is -0.385. The number of aryl methyl sites for hydroxylation is 1. The van der Waals surface area contributed by atoms with Crippen LogP contribution in [0, 0.1) is 17.0 Å². The number of hydrogen-bond acceptors (Lipinski definition) is 5. The summed E-state index contributed by atoms with van der Waals surface area (Å²) in [6.45, 7) is 1.53. The van der Waals surface area contributed by atoms with Gasteiger partial charge in [-0.05, 0) is 25.1 Å². The van der Waals surface area contributed by atoms with Gasteiger partial charge in [-0.15, -0.1) is 0 Å². The summed E-state index contributed by atoms with van der Waals surface area (Å²) in [5.74, 6) is 0.656. The van der Waals surface area contributed by atoms with E-state index in [0.29, 0.717) is 22.1 Å². The standard InChI is InChI=1S/C13H9BrN2O4/c1-8-12(16(18)19)4-5-13(15-8)20-10-2-3-11(14)9(6-10)7-17/h2-7H,1H3. The fourth-order valence-electron chi connectivity index (χ4n) is 1.58. The molecule has 0 aliphatic rings. The first-order chi connectivity index (χ1) is 9.51. The van der Waals surface area contributed by atoms with E-state index >= 15 is 0 Å². The van der Waals surface area contributed by atoms with E-state index in [4.69, 9.17) is 4.74 Å². The number of aromatic nitrogens is 1. The van der Waals surface area contributed by atoms with Crippen molar-refractivity contribution in [1.29, 1.82) is 0 Å². The van der Waals surface area contributed by atoms with Crippen molar-refractivity contribution in [2.24, 2.45) is 0 Å². The number of carbonyl (C=O) groups is 1. The van der Waals surface area contributed by atoms with Crippen LogP contribution in [0.4, 0.5) is 5.69 Å². The molecule has 0 amide bonds. The number of ether oxygens (including phenoxy) is 1. The molecule has 0 aliphatic carbocycles. The Bertz CT molecular complexity index is 688. The Morgan fingerprint density at radius 3 is 2.70 bits per heavy atom. The van der Waals surface area contributed by atoms with Crippen molar-refractivity contribution in [1.82, 2.24) is 4.98 Å². The molecule has 0 unspecified atom stereocenters. The number of carbonyl (C=O) groups excluding carboxylic acids is 1. The second kappa shape index (κ2) is 5.79. The number of hydrogen-bond donors (Lipinski definition) is 0. The summed E-state index contributed by atoms with van der Waals surface area (Å²) in [5.41, 5.74) is 0.642. The first kappa shape index (κ1) is 14.1. The normalized spacial score (nSPS) is 10.1. The van der Waals surface area contributed by atoms with Crippen LogP contribution in [0.15, 0.2) is 34.8 Å². The zero-order valence-electron chi connectivity index (χ0n) is 10.4. The molecule has 0 saturated heterocycles. The monoisotopic (exact) mass is 336 g/mol. The molecule has 0 N–H and O–H groups in total. The maximum Gasteiger partial charge on any atom is 0.290 e. The summed E-state index contributed by atoms with van der Waals surface area (Å²) in [6, 6.07) is 7.63.